The molecule has 0 saturated carbocycles. The van der Waals surface area contributed by atoms with E-state index >= 15 is 0 Å². The average Bonchev–Trinajstić information content (AvgIpc) is 3.09. The minimum atomic E-state index is -1.01. The predicted octanol–water partition coefficient (Wildman–Crippen LogP) is 5.72. The van der Waals surface area contributed by atoms with Crippen molar-refractivity contribution in [3.05, 3.63) is 120 Å². The highest BCUT2D eigenvalue weighted by Gasteiger charge is 2.41. The first-order valence-corrected chi connectivity index (χ1v) is 15.0. The Morgan fingerprint density at radius 2 is 1.47 bits per heavy atom. The van der Waals surface area contributed by atoms with Crippen LogP contribution in [0.2, 0.25) is 0 Å². The van der Waals surface area contributed by atoms with Crippen LogP contribution in [-0.4, -0.2) is 71.7 Å². The number of piperidine rings is 1. The number of aromatic nitrogens is 2. The molecule has 3 atom stereocenters. The molecule has 236 valence electrons. The molecule has 5 rings (SSSR count). The van der Waals surface area contributed by atoms with Gasteiger partial charge in [-0.05, 0) is 47.0 Å². The zero-order chi connectivity index (χ0) is 31.3. The van der Waals surface area contributed by atoms with Gasteiger partial charge in [-0.1, -0.05) is 42.5 Å². The molecule has 1 aliphatic rings. The number of para-hydroxylation sites is 1. The number of carboxylic acid groups (broad SMARTS) is 1. The van der Waals surface area contributed by atoms with Gasteiger partial charge in [0.2, 0.25) is 0 Å². The smallest absolute Gasteiger partial charge is 0.407 e. The highest BCUT2D eigenvalue weighted by Crippen LogP contribution is 2.35. The molecule has 45 heavy (non-hydrogen) atoms. The SMILES string of the molecule is COc1ccccc1COCCCOc1ccc(C2[C@@H](OCc3cccnc3)CN(C(=O)O)C[C@H]2OCc2cccnc2)cc1. The standard InChI is InChI=1S/C35H39N3O7/c1-41-31-10-3-2-9-29(31)25-42-17-6-18-43-30-13-11-28(12-14-30)34-32(44-23-26-7-4-15-36-19-26)21-38(35(39)40)22-33(34)45-24-27-8-5-16-37-20-27/h2-5,7-16,19-20,32-34H,6,17-18,21-25H2,1H3,(H,39,40)/t32-,33+,34?. The van der Waals surface area contributed by atoms with Gasteiger partial charge in [0.1, 0.15) is 11.5 Å². The van der Waals surface area contributed by atoms with Crippen LogP contribution in [0.4, 0.5) is 4.79 Å². The minimum Gasteiger partial charge on any atom is -0.496 e. The number of benzene rings is 2. The number of amides is 1. The van der Waals surface area contributed by atoms with Crippen LogP contribution in [-0.2, 0) is 34.0 Å². The van der Waals surface area contributed by atoms with E-state index in [4.69, 9.17) is 23.7 Å². The van der Waals surface area contributed by atoms with Crippen molar-refractivity contribution in [2.45, 2.75) is 44.4 Å². The summed E-state index contributed by atoms with van der Waals surface area (Å²) >= 11 is 0. The van der Waals surface area contributed by atoms with Crippen molar-refractivity contribution in [3.8, 4) is 11.5 Å². The van der Waals surface area contributed by atoms with E-state index in [0.717, 1.165) is 40.2 Å². The number of likely N-dealkylation sites (tertiary alicyclic amines) is 1. The van der Waals surface area contributed by atoms with E-state index in [1.54, 1.807) is 31.9 Å². The molecule has 0 bridgehead atoms. The second kappa shape index (κ2) is 16.5. The largest absolute Gasteiger partial charge is 0.496 e. The lowest BCUT2D eigenvalue weighted by atomic mass is 9.84. The predicted molar refractivity (Wildman–Crippen MR) is 167 cm³/mol. The second-order valence-electron chi connectivity index (χ2n) is 10.8. The number of pyridine rings is 2. The van der Waals surface area contributed by atoms with Gasteiger partial charge in [-0.15, -0.1) is 0 Å². The van der Waals surface area contributed by atoms with Gasteiger partial charge in [0.15, 0.2) is 0 Å². The molecule has 1 saturated heterocycles. The van der Waals surface area contributed by atoms with Crippen molar-refractivity contribution in [1.82, 2.24) is 14.9 Å². The Morgan fingerprint density at radius 3 is 2.04 bits per heavy atom. The molecule has 1 fully saturated rings. The maximum Gasteiger partial charge on any atom is 0.407 e. The van der Waals surface area contributed by atoms with Crippen LogP contribution in [0.25, 0.3) is 0 Å². The molecule has 1 aliphatic heterocycles. The van der Waals surface area contributed by atoms with Gasteiger partial charge in [0.25, 0.3) is 0 Å². The topological polar surface area (TPSA) is 112 Å². The normalized spacial score (nSPS) is 18.0. The summed E-state index contributed by atoms with van der Waals surface area (Å²) in [5.41, 5.74) is 3.82. The summed E-state index contributed by atoms with van der Waals surface area (Å²) in [6, 6.07) is 23.3. The maximum absolute atomic E-state index is 12.1. The highest BCUT2D eigenvalue weighted by molar-refractivity contribution is 5.65. The first-order chi connectivity index (χ1) is 22.1. The summed E-state index contributed by atoms with van der Waals surface area (Å²) in [6.45, 7) is 2.60. The van der Waals surface area contributed by atoms with Gasteiger partial charge >= 0.3 is 6.09 Å². The molecule has 2 aromatic carbocycles. The minimum absolute atomic E-state index is 0.216. The maximum atomic E-state index is 12.1. The molecule has 1 N–H and O–H groups in total. The summed E-state index contributed by atoms with van der Waals surface area (Å²) < 4.78 is 30.0. The van der Waals surface area contributed by atoms with Crippen molar-refractivity contribution in [2.24, 2.45) is 0 Å². The van der Waals surface area contributed by atoms with Gasteiger partial charge in [0, 0.05) is 42.7 Å². The van der Waals surface area contributed by atoms with Crippen molar-refractivity contribution < 1.29 is 33.6 Å². The third kappa shape index (κ3) is 9.24. The Bertz CT molecular complexity index is 1400. The lowest BCUT2D eigenvalue weighted by Crippen LogP contribution is -2.54. The van der Waals surface area contributed by atoms with E-state index in [1.807, 2.05) is 72.8 Å². The molecule has 1 amide bonds. The van der Waals surface area contributed by atoms with E-state index in [-0.39, 0.29) is 19.0 Å². The number of nitrogens with zero attached hydrogens (tertiary/aromatic N) is 3. The first-order valence-electron chi connectivity index (χ1n) is 15.0. The summed E-state index contributed by atoms with van der Waals surface area (Å²) in [4.78, 5) is 21.8. The number of methoxy groups -OCH3 is 1. The van der Waals surface area contributed by atoms with Gasteiger partial charge in [-0.3, -0.25) is 9.97 Å². The molecule has 0 radical (unpaired) electrons. The number of hydrogen-bond donors (Lipinski definition) is 1. The van der Waals surface area contributed by atoms with Crippen molar-refractivity contribution >= 4 is 6.09 Å². The van der Waals surface area contributed by atoms with Crippen LogP contribution in [0.1, 0.15) is 34.6 Å². The number of ether oxygens (including phenoxy) is 5. The lowest BCUT2D eigenvalue weighted by molar-refractivity contribution is -0.0937. The monoisotopic (exact) mass is 613 g/mol. The Labute approximate surface area is 263 Å². The lowest BCUT2D eigenvalue weighted by Gasteiger charge is -2.42. The Hall–Kier alpha value is -4.51. The van der Waals surface area contributed by atoms with E-state index in [1.165, 1.54) is 4.90 Å². The summed E-state index contributed by atoms with van der Waals surface area (Å²) in [5, 5.41) is 9.92. The number of carbonyl (C=O) groups is 1. The quantitative estimate of drug-likeness (QED) is 0.168. The Kier molecular flexibility index (Phi) is 11.7. The zero-order valence-corrected chi connectivity index (χ0v) is 25.4. The van der Waals surface area contributed by atoms with Crippen LogP contribution in [0, 0.1) is 0 Å². The zero-order valence-electron chi connectivity index (χ0n) is 25.4. The molecular weight excluding hydrogens is 574 g/mol. The van der Waals surface area contributed by atoms with Crippen LogP contribution < -0.4 is 9.47 Å². The summed E-state index contributed by atoms with van der Waals surface area (Å²) in [5.74, 6) is 1.34. The number of rotatable bonds is 15. The average molecular weight is 614 g/mol. The molecule has 4 aromatic rings. The molecule has 0 spiro atoms. The molecule has 10 nitrogen and oxygen atoms in total. The molecule has 3 heterocycles. The van der Waals surface area contributed by atoms with Gasteiger partial charge in [-0.2, -0.15) is 0 Å². The first kappa shape index (κ1) is 31.9. The molecular formula is C35H39N3O7. The Balaban J connectivity index is 1.23. The van der Waals surface area contributed by atoms with Crippen LogP contribution >= 0.6 is 0 Å². The fraction of sp³-hybridized carbons (Fsp3) is 0.343. The van der Waals surface area contributed by atoms with E-state index in [0.29, 0.717) is 33.0 Å². The third-order valence-corrected chi connectivity index (χ3v) is 7.66. The molecule has 0 aliphatic carbocycles. The molecule has 2 aromatic heterocycles. The van der Waals surface area contributed by atoms with Crippen molar-refractivity contribution in [3.63, 3.8) is 0 Å². The highest BCUT2D eigenvalue weighted by atomic mass is 16.5. The summed E-state index contributed by atoms with van der Waals surface area (Å²) in [7, 11) is 1.65. The van der Waals surface area contributed by atoms with Crippen LogP contribution in [0.3, 0.4) is 0 Å². The molecule has 1 unspecified atom stereocenters. The summed E-state index contributed by atoms with van der Waals surface area (Å²) in [6.07, 6.45) is 5.76. The van der Waals surface area contributed by atoms with Crippen molar-refractivity contribution in [2.75, 3.05) is 33.4 Å². The third-order valence-electron chi connectivity index (χ3n) is 7.66. The Morgan fingerprint density at radius 1 is 0.822 bits per heavy atom. The fourth-order valence-electron chi connectivity index (χ4n) is 5.39. The van der Waals surface area contributed by atoms with E-state index < -0.39 is 18.3 Å². The van der Waals surface area contributed by atoms with Gasteiger partial charge < -0.3 is 33.7 Å². The van der Waals surface area contributed by atoms with Gasteiger partial charge in [0.05, 0.1) is 65.4 Å². The van der Waals surface area contributed by atoms with Crippen LogP contribution in [0.5, 0.6) is 11.5 Å². The van der Waals surface area contributed by atoms with E-state index in [2.05, 4.69) is 9.97 Å². The molecule has 10 heteroatoms. The second-order valence-corrected chi connectivity index (χ2v) is 10.8. The number of hydrogen-bond acceptors (Lipinski definition) is 8. The van der Waals surface area contributed by atoms with Crippen LogP contribution in [0.15, 0.2) is 97.6 Å². The van der Waals surface area contributed by atoms with Gasteiger partial charge in [-0.25, -0.2) is 4.79 Å². The fourth-order valence-corrected chi connectivity index (χ4v) is 5.39. The van der Waals surface area contributed by atoms with E-state index in [9.17, 15) is 9.90 Å². The van der Waals surface area contributed by atoms with Crippen molar-refractivity contribution in [1.29, 1.82) is 0 Å².